The fourth-order valence-electron chi connectivity index (χ4n) is 2.19. The molecule has 1 saturated heterocycles. The largest absolute Gasteiger partial charge is 0.490 e. The van der Waals surface area contributed by atoms with Crippen LogP contribution in [0.2, 0.25) is 0 Å². The van der Waals surface area contributed by atoms with Crippen molar-refractivity contribution < 1.29 is 18.9 Å². The first-order valence-electron chi connectivity index (χ1n) is 7.99. The van der Waals surface area contributed by atoms with Crippen LogP contribution in [0.4, 0.5) is 0 Å². The minimum absolute atomic E-state index is 0.0438. The van der Waals surface area contributed by atoms with Gasteiger partial charge in [-0.2, -0.15) is 0 Å². The van der Waals surface area contributed by atoms with Gasteiger partial charge in [-0.05, 0) is 46.0 Å². The van der Waals surface area contributed by atoms with Crippen molar-refractivity contribution in [2.45, 2.75) is 64.6 Å². The molecule has 6 nitrogen and oxygen atoms in total. The Hall–Kier alpha value is -1.34. The minimum Gasteiger partial charge on any atom is -0.400 e. The lowest BCUT2D eigenvalue weighted by atomic mass is 9.74. The molecule has 1 rings (SSSR count). The third-order valence-corrected chi connectivity index (χ3v) is 4.48. The Morgan fingerprint density at radius 3 is 2.00 bits per heavy atom. The van der Waals surface area contributed by atoms with Crippen molar-refractivity contribution in [3.05, 3.63) is 11.5 Å². The second-order valence-electron chi connectivity index (χ2n) is 7.16. The highest BCUT2D eigenvalue weighted by Gasteiger charge is 2.52. The molecule has 0 unspecified atom stereocenters. The molecule has 1 heterocycles. The second kappa shape index (κ2) is 7.49. The zero-order valence-electron chi connectivity index (χ0n) is 15.1. The molecule has 1 aliphatic rings. The first-order valence-corrected chi connectivity index (χ1v) is 7.99. The Labute approximate surface area is 139 Å². The first kappa shape index (κ1) is 19.7. The summed E-state index contributed by atoms with van der Waals surface area (Å²) in [5.41, 5.74) is 5.20. The Bertz CT molecular complexity index is 470. The number of rotatable bonds is 7. The van der Waals surface area contributed by atoms with Crippen LogP contribution in [0.25, 0.3) is 0 Å². The number of primary amides is 1. The van der Waals surface area contributed by atoms with Crippen LogP contribution >= 0.6 is 0 Å². The van der Waals surface area contributed by atoms with Crippen molar-refractivity contribution in [1.82, 2.24) is 4.90 Å². The number of hydrogen-bond donors (Lipinski definition) is 1. The second-order valence-corrected chi connectivity index (χ2v) is 7.16. The van der Waals surface area contributed by atoms with Gasteiger partial charge in [0.25, 0.3) is 0 Å². The highest BCUT2D eigenvalue weighted by Crippen LogP contribution is 2.39. The molecule has 130 valence electrons. The van der Waals surface area contributed by atoms with E-state index in [-0.39, 0.29) is 18.2 Å². The SMILES string of the molecule is CN(C)C(=O)CCC(=CCCC(N)=O)B1OC(C)(C)C(C)(C)O1. The smallest absolute Gasteiger partial charge is 0.400 e. The summed E-state index contributed by atoms with van der Waals surface area (Å²) in [6.45, 7) is 7.94. The van der Waals surface area contributed by atoms with E-state index in [0.29, 0.717) is 19.3 Å². The van der Waals surface area contributed by atoms with Crippen LogP contribution in [-0.2, 0) is 18.9 Å². The number of amides is 2. The van der Waals surface area contributed by atoms with Crippen molar-refractivity contribution in [2.24, 2.45) is 5.73 Å². The molecule has 0 aromatic heterocycles. The van der Waals surface area contributed by atoms with E-state index in [0.717, 1.165) is 5.47 Å². The van der Waals surface area contributed by atoms with Gasteiger partial charge in [0.2, 0.25) is 11.8 Å². The number of nitrogens with two attached hydrogens (primary N) is 1. The monoisotopic (exact) mass is 324 g/mol. The molecule has 2 amide bonds. The van der Waals surface area contributed by atoms with Gasteiger partial charge in [0.05, 0.1) is 11.2 Å². The molecule has 0 aromatic rings. The minimum atomic E-state index is -0.497. The van der Waals surface area contributed by atoms with Gasteiger partial charge in [0.1, 0.15) is 0 Å². The summed E-state index contributed by atoms with van der Waals surface area (Å²) < 4.78 is 12.1. The molecule has 7 heteroatoms. The topological polar surface area (TPSA) is 81.9 Å². The molecule has 0 saturated carbocycles. The van der Waals surface area contributed by atoms with Crippen LogP contribution in [0.3, 0.4) is 0 Å². The lowest BCUT2D eigenvalue weighted by Crippen LogP contribution is -2.41. The lowest BCUT2D eigenvalue weighted by Gasteiger charge is -2.32. The molecule has 0 bridgehead atoms. The normalized spacial score (nSPS) is 19.7. The number of allylic oxidation sites excluding steroid dienone is 2. The van der Waals surface area contributed by atoms with Crippen LogP contribution in [0.5, 0.6) is 0 Å². The van der Waals surface area contributed by atoms with Gasteiger partial charge in [-0.1, -0.05) is 6.08 Å². The lowest BCUT2D eigenvalue weighted by molar-refractivity contribution is -0.128. The van der Waals surface area contributed by atoms with Crippen molar-refractivity contribution in [2.75, 3.05) is 14.1 Å². The fraction of sp³-hybridized carbons (Fsp3) is 0.750. The van der Waals surface area contributed by atoms with Crippen LogP contribution < -0.4 is 5.73 Å². The summed E-state index contributed by atoms with van der Waals surface area (Å²) in [6.07, 6.45) is 3.61. The molecule has 0 atom stereocenters. The maximum atomic E-state index is 11.8. The number of hydrogen-bond acceptors (Lipinski definition) is 4. The van der Waals surface area contributed by atoms with Gasteiger partial charge in [-0.25, -0.2) is 0 Å². The van der Waals surface area contributed by atoms with Crippen molar-refractivity contribution in [3.63, 3.8) is 0 Å². The fourth-order valence-corrected chi connectivity index (χ4v) is 2.19. The van der Waals surface area contributed by atoms with Crippen molar-refractivity contribution in [3.8, 4) is 0 Å². The maximum absolute atomic E-state index is 11.8. The predicted molar refractivity (Wildman–Crippen MR) is 90.5 cm³/mol. The summed E-state index contributed by atoms with van der Waals surface area (Å²) in [4.78, 5) is 24.3. The summed E-state index contributed by atoms with van der Waals surface area (Å²) in [5.74, 6) is -0.304. The van der Waals surface area contributed by atoms with Gasteiger partial charge in [0, 0.05) is 26.9 Å². The van der Waals surface area contributed by atoms with Gasteiger partial charge in [-0.15, -0.1) is 0 Å². The molecule has 2 N–H and O–H groups in total. The maximum Gasteiger partial charge on any atom is 0.490 e. The zero-order chi connectivity index (χ0) is 17.8. The van der Waals surface area contributed by atoms with E-state index in [1.807, 2.05) is 33.8 Å². The average Bonchev–Trinajstić information content (AvgIpc) is 2.61. The third kappa shape index (κ3) is 5.36. The molecular formula is C16H29BN2O4. The highest BCUT2D eigenvalue weighted by atomic mass is 16.7. The van der Waals surface area contributed by atoms with Gasteiger partial charge in [0.15, 0.2) is 0 Å². The average molecular weight is 324 g/mol. The standard InChI is InChI=1S/C16H29BN2O4/c1-15(2)16(3,4)23-17(22-15)12(8-7-9-13(18)20)10-11-14(21)19(5)6/h8H,7,9-11H2,1-6H3,(H2,18,20). The van der Waals surface area contributed by atoms with E-state index >= 15 is 0 Å². The van der Waals surface area contributed by atoms with Crippen molar-refractivity contribution >= 4 is 18.9 Å². The van der Waals surface area contributed by atoms with E-state index in [1.165, 1.54) is 0 Å². The van der Waals surface area contributed by atoms with E-state index in [2.05, 4.69) is 0 Å². The van der Waals surface area contributed by atoms with Gasteiger partial charge >= 0.3 is 7.12 Å². The third-order valence-electron chi connectivity index (χ3n) is 4.48. The predicted octanol–water partition coefficient (Wildman–Crippen LogP) is 1.68. The quantitative estimate of drug-likeness (QED) is 0.722. The molecule has 0 aliphatic carbocycles. The molecular weight excluding hydrogens is 295 g/mol. The number of carbonyl (C=O) groups is 2. The molecule has 1 fully saturated rings. The van der Waals surface area contributed by atoms with E-state index < -0.39 is 18.3 Å². The molecule has 1 aliphatic heterocycles. The zero-order valence-corrected chi connectivity index (χ0v) is 15.1. The first-order chi connectivity index (χ1) is 10.5. The molecule has 0 aromatic carbocycles. The van der Waals surface area contributed by atoms with Crippen LogP contribution in [0.15, 0.2) is 11.5 Å². The number of carbonyl (C=O) groups excluding carboxylic acids is 2. The Morgan fingerprint density at radius 1 is 1.04 bits per heavy atom. The molecule has 0 spiro atoms. The Balaban J connectivity index is 2.83. The van der Waals surface area contributed by atoms with Crippen LogP contribution in [0, 0.1) is 0 Å². The Kier molecular flexibility index (Phi) is 6.42. The molecule has 23 heavy (non-hydrogen) atoms. The van der Waals surface area contributed by atoms with Crippen molar-refractivity contribution in [1.29, 1.82) is 0 Å². The van der Waals surface area contributed by atoms with E-state index in [9.17, 15) is 9.59 Å². The van der Waals surface area contributed by atoms with Gasteiger partial charge < -0.3 is 19.9 Å². The van der Waals surface area contributed by atoms with E-state index in [4.69, 9.17) is 15.0 Å². The highest BCUT2D eigenvalue weighted by molar-refractivity contribution is 6.54. The summed E-state index contributed by atoms with van der Waals surface area (Å²) >= 11 is 0. The summed E-state index contributed by atoms with van der Waals surface area (Å²) in [6, 6.07) is 0. The van der Waals surface area contributed by atoms with E-state index in [1.54, 1.807) is 19.0 Å². The summed E-state index contributed by atoms with van der Waals surface area (Å²) in [5, 5.41) is 0. The van der Waals surface area contributed by atoms with Gasteiger partial charge in [-0.3, -0.25) is 9.59 Å². The Morgan fingerprint density at radius 2 is 1.57 bits per heavy atom. The van der Waals surface area contributed by atoms with Crippen LogP contribution in [0.1, 0.15) is 53.4 Å². The van der Waals surface area contributed by atoms with Crippen LogP contribution in [-0.4, -0.2) is 49.1 Å². The molecule has 0 radical (unpaired) electrons. The number of nitrogens with zero attached hydrogens (tertiary/aromatic N) is 1. The summed E-state index contributed by atoms with van der Waals surface area (Å²) in [7, 11) is 2.96.